The summed E-state index contributed by atoms with van der Waals surface area (Å²) < 4.78 is 0. The van der Waals surface area contributed by atoms with Crippen LogP contribution >= 0.6 is 0 Å². The summed E-state index contributed by atoms with van der Waals surface area (Å²) in [6.45, 7) is 4.68. The molecule has 0 heterocycles. The molecule has 0 aliphatic heterocycles. The lowest BCUT2D eigenvalue weighted by Crippen LogP contribution is -2.57. The molecule has 0 aromatic heterocycles. The van der Waals surface area contributed by atoms with Gasteiger partial charge in [-0.25, -0.2) is 4.79 Å². The number of rotatable bonds is 12. The van der Waals surface area contributed by atoms with Gasteiger partial charge in [0, 0.05) is 6.42 Å². The molecule has 0 fully saturated rings. The van der Waals surface area contributed by atoms with Gasteiger partial charge in [0.15, 0.2) is 0 Å². The number of primary amides is 1. The van der Waals surface area contributed by atoms with Crippen LogP contribution in [0, 0.1) is 5.92 Å². The van der Waals surface area contributed by atoms with E-state index in [1.807, 2.05) is 0 Å². The number of hydrogen-bond donors (Lipinski definition) is 6. The highest BCUT2D eigenvalue weighted by molar-refractivity contribution is 5.95. The summed E-state index contributed by atoms with van der Waals surface area (Å²) in [6, 6.07) is 4.31. The van der Waals surface area contributed by atoms with Crippen molar-refractivity contribution in [2.45, 2.75) is 57.8 Å². The van der Waals surface area contributed by atoms with Crippen LogP contribution in [-0.4, -0.2) is 58.9 Å². The zero-order valence-corrected chi connectivity index (χ0v) is 18.3. The third kappa shape index (κ3) is 8.72. The lowest BCUT2D eigenvalue weighted by atomic mass is 10.0. The van der Waals surface area contributed by atoms with E-state index in [9.17, 15) is 29.1 Å². The first-order valence-electron chi connectivity index (χ1n) is 10.1. The molecule has 8 N–H and O–H groups in total. The van der Waals surface area contributed by atoms with Crippen molar-refractivity contribution < 1.29 is 29.1 Å². The molecule has 0 bridgehead atoms. The molecule has 0 radical (unpaired) electrons. The van der Waals surface area contributed by atoms with E-state index in [1.165, 1.54) is 6.92 Å². The van der Waals surface area contributed by atoms with Crippen molar-refractivity contribution >= 4 is 29.6 Å². The van der Waals surface area contributed by atoms with E-state index in [4.69, 9.17) is 11.5 Å². The van der Waals surface area contributed by atoms with Crippen LogP contribution in [-0.2, 0) is 30.4 Å². The molecule has 176 valence electrons. The number of amides is 4. The van der Waals surface area contributed by atoms with E-state index >= 15 is 0 Å². The zero-order chi connectivity index (χ0) is 24.4. The fourth-order valence-corrected chi connectivity index (χ4v) is 2.82. The Morgan fingerprint density at radius 3 is 2.00 bits per heavy atom. The first-order chi connectivity index (χ1) is 14.9. The number of carboxylic acid groups (broad SMARTS) is 1. The fourth-order valence-electron chi connectivity index (χ4n) is 2.82. The van der Waals surface area contributed by atoms with Gasteiger partial charge in [-0.1, -0.05) is 44.2 Å². The molecule has 32 heavy (non-hydrogen) atoms. The van der Waals surface area contributed by atoms with E-state index in [1.54, 1.807) is 44.2 Å². The molecule has 0 saturated carbocycles. The molecule has 0 aliphatic carbocycles. The molecule has 0 spiro atoms. The quantitative estimate of drug-likeness (QED) is 0.227. The second-order valence-corrected chi connectivity index (χ2v) is 7.83. The Bertz CT molecular complexity index is 829. The predicted molar refractivity (Wildman–Crippen MR) is 116 cm³/mol. The average molecular weight is 450 g/mol. The molecule has 11 heteroatoms. The maximum Gasteiger partial charge on any atom is 0.326 e. The number of carbonyl (C=O) groups excluding carboxylic acids is 4. The van der Waals surface area contributed by atoms with E-state index in [0.29, 0.717) is 0 Å². The summed E-state index contributed by atoms with van der Waals surface area (Å²) in [7, 11) is 0. The van der Waals surface area contributed by atoms with E-state index in [2.05, 4.69) is 16.0 Å². The Morgan fingerprint density at radius 2 is 1.50 bits per heavy atom. The molecule has 11 nitrogen and oxygen atoms in total. The fraction of sp³-hybridized carbons (Fsp3) is 0.476. The Kier molecular flexibility index (Phi) is 10.3. The smallest absolute Gasteiger partial charge is 0.326 e. The minimum atomic E-state index is -1.23. The van der Waals surface area contributed by atoms with Crippen molar-refractivity contribution in [3.63, 3.8) is 0 Å². The van der Waals surface area contributed by atoms with Gasteiger partial charge in [-0.2, -0.15) is 0 Å². The third-order valence-electron chi connectivity index (χ3n) is 4.66. The molecule has 4 atom stereocenters. The van der Waals surface area contributed by atoms with Gasteiger partial charge in [0.2, 0.25) is 23.6 Å². The lowest BCUT2D eigenvalue weighted by Gasteiger charge is -2.24. The standard InChI is InChI=1S/C21H31N5O6/c1-11(2)17(21(31)32)26-18(28)12(3)24-20(30)15(9-13-7-5-4-6-8-13)25-19(29)14(22)10-16(23)27/h4-8,11-12,14-15,17H,9-10,22H2,1-3H3,(H2,23,27)(H,24,30)(H,25,29)(H,26,28)(H,31,32). The van der Waals surface area contributed by atoms with Crippen LogP contribution in [0.5, 0.6) is 0 Å². The molecule has 0 aliphatic rings. The Labute approximate surface area is 186 Å². The Balaban J connectivity index is 2.91. The van der Waals surface area contributed by atoms with Gasteiger partial charge < -0.3 is 32.5 Å². The van der Waals surface area contributed by atoms with Crippen molar-refractivity contribution in [2.75, 3.05) is 0 Å². The largest absolute Gasteiger partial charge is 0.480 e. The van der Waals surface area contributed by atoms with Gasteiger partial charge in [-0.3, -0.25) is 19.2 Å². The summed E-state index contributed by atoms with van der Waals surface area (Å²) in [6.07, 6.45) is -0.296. The minimum Gasteiger partial charge on any atom is -0.480 e. The molecule has 1 aromatic rings. The van der Waals surface area contributed by atoms with Gasteiger partial charge in [-0.05, 0) is 18.4 Å². The van der Waals surface area contributed by atoms with Crippen LogP contribution < -0.4 is 27.4 Å². The number of benzene rings is 1. The highest BCUT2D eigenvalue weighted by Gasteiger charge is 2.29. The SMILES string of the molecule is CC(NC(=O)C(Cc1ccccc1)NC(=O)C(N)CC(N)=O)C(=O)NC(C(=O)O)C(C)C. The van der Waals surface area contributed by atoms with Crippen molar-refractivity contribution in [1.29, 1.82) is 0 Å². The first kappa shape index (κ1) is 26.6. The first-order valence-corrected chi connectivity index (χ1v) is 10.1. The molecular weight excluding hydrogens is 418 g/mol. The second-order valence-electron chi connectivity index (χ2n) is 7.83. The molecule has 1 rings (SSSR count). The summed E-state index contributed by atoms with van der Waals surface area (Å²) in [4.78, 5) is 59.9. The molecule has 1 aromatic carbocycles. The molecular formula is C21H31N5O6. The zero-order valence-electron chi connectivity index (χ0n) is 18.3. The van der Waals surface area contributed by atoms with E-state index in [-0.39, 0.29) is 12.3 Å². The second kappa shape index (κ2) is 12.4. The maximum atomic E-state index is 12.8. The van der Waals surface area contributed by atoms with Crippen LogP contribution in [0.15, 0.2) is 30.3 Å². The van der Waals surface area contributed by atoms with Crippen molar-refractivity contribution in [3.8, 4) is 0 Å². The number of nitrogens with two attached hydrogens (primary N) is 2. The summed E-state index contributed by atoms with van der Waals surface area (Å²) in [5.74, 6) is -4.43. The number of nitrogens with one attached hydrogen (secondary N) is 3. The summed E-state index contributed by atoms with van der Waals surface area (Å²) in [5.41, 5.74) is 11.5. The average Bonchev–Trinajstić information content (AvgIpc) is 2.70. The Hall–Kier alpha value is -3.47. The van der Waals surface area contributed by atoms with Gasteiger partial charge >= 0.3 is 5.97 Å². The third-order valence-corrected chi connectivity index (χ3v) is 4.66. The number of carbonyl (C=O) groups is 5. The van der Waals surface area contributed by atoms with Crippen LogP contribution in [0.3, 0.4) is 0 Å². The van der Waals surface area contributed by atoms with E-state index < -0.39 is 60.2 Å². The summed E-state index contributed by atoms with van der Waals surface area (Å²) >= 11 is 0. The van der Waals surface area contributed by atoms with Crippen molar-refractivity contribution in [2.24, 2.45) is 17.4 Å². The van der Waals surface area contributed by atoms with Gasteiger partial charge in [0.25, 0.3) is 0 Å². The van der Waals surface area contributed by atoms with Crippen LogP contribution in [0.4, 0.5) is 0 Å². The van der Waals surface area contributed by atoms with Crippen molar-refractivity contribution in [3.05, 3.63) is 35.9 Å². The number of hydrogen-bond acceptors (Lipinski definition) is 6. The molecule has 0 saturated heterocycles. The maximum absolute atomic E-state index is 12.8. The highest BCUT2D eigenvalue weighted by Crippen LogP contribution is 2.06. The summed E-state index contributed by atoms with van der Waals surface area (Å²) in [5, 5.41) is 16.6. The molecule has 4 unspecified atom stereocenters. The Morgan fingerprint density at radius 1 is 0.906 bits per heavy atom. The normalized spacial score (nSPS) is 14.5. The molecule has 4 amide bonds. The van der Waals surface area contributed by atoms with Crippen LogP contribution in [0.25, 0.3) is 0 Å². The highest BCUT2D eigenvalue weighted by atomic mass is 16.4. The minimum absolute atomic E-state index is 0.0970. The number of aliphatic carboxylic acids is 1. The van der Waals surface area contributed by atoms with Gasteiger partial charge in [0.05, 0.1) is 12.5 Å². The van der Waals surface area contributed by atoms with Crippen molar-refractivity contribution in [1.82, 2.24) is 16.0 Å². The van der Waals surface area contributed by atoms with Crippen LogP contribution in [0.1, 0.15) is 32.8 Å². The topological polar surface area (TPSA) is 194 Å². The lowest BCUT2D eigenvalue weighted by molar-refractivity contribution is -0.143. The monoisotopic (exact) mass is 449 g/mol. The van der Waals surface area contributed by atoms with Gasteiger partial charge in [0.1, 0.15) is 18.1 Å². The predicted octanol–water partition coefficient (Wildman–Crippen LogP) is -1.35. The van der Waals surface area contributed by atoms with E-state index in [0.717, 1.165) is 5.56 Å². The van der Waals surface area contributed by atoms with Crippen LogP contribution in [0.2, 0.25) is 0 Å². The van der Waals surface area contributed by atoms with Gasteiger partial charge in [-0.15, -0.1) is 0 Å². The number of carboxylic acids is 1.